The third kappa shape index (κ3) is 6.65. The number of amides is 3. The molecule has 1 aromatic carbocycles. The number of para-hydroxylation sites is 1. The van der Waals surface area contributed by atoms with Gasteiger partial charge in [-0.05, 0) is 63.6 Å². The predicted molar refractivity (Wildman–Crippen MR) is 138 cm³/mol. The maximum atomic E-state index is 13.3. The normalized spacial score (nSPS) is 17.5. The topological polar surface area (TPSA) is 88.0 Å². The molecule has 0 saturated carbocycles. The summed E-state index contributed by atoms with van der Waals surface area (Å²) in [5.74, 6) is 0.227. The van der Waals surface area contributed by atoms with E-state index >= 15 is 0 Å². The monoisotopic (exact) mass is 497 g/mol. The van der Waals surface area contributed by atoms with Crippen molar-refractivity contribution in [2.75, 3.05) is 40.8 Å². The first-order valence-electron chi connectivity index (χ1n) is 12.7. The molecule has 0 saturated heterocycles. The highest BCUT2D eigenvalue weighted by Gasteiger charge is 2.30. The lowest BCUT2D eigenvalue weighted by atomic mass is 10.1. The zero-order valence-corrected chi connectivity index (χ0v) is 22.2. The minimum absolute atomic E-state index is 0.0890. The van der Waals surface area contributed by atoms with Crippen molar-refractivity contribution >= 4 is 17.7 Å². The molecular weight excluding hydrogens is 458 g/mol. The molecule has 0 N–H and O–H groups in total. The Kier molecular flexibility index (Phi) is 9.50. The molecular formula is C27H39N5O4. The molecule has 9 heteroatoms. The van der Waals surface area contributed by atoms with Gasteiger partial charge >= 0.3 is 0 Å². The fraction of sp³-hybridized carbons (Fsp3) is 0.556. The average molecular weight is 498 g/mol. The van der Waals surface area contributed by atoms with E-state index < -0.39 is 6.04 Å². The molecule has 0 unspecified atom stereocenters. The largest absolute Gasteiger partial charge is 0.483 e. The molecule has 0 radical (unpaired) electrons. The van der Waals surface area contributed by atoms with Gasteiger partial charge in [0.25, 0.3) is 11.8 Å². The van der Waals surface area contributed by atoms with Crippen molar-refractivity contribution in [1.82, 2.24) is 24.5 Å². The average Bonchev–Trinajstić information content (AvgIpc) is 3.26. The summed E-state index contributed by atoms with van der Waals surface area (Å²) in [5, 5.41) is 4.37. The highest BCUT2D eigenvalue weighted by molar-refractivity contribution is 5.92. The van der Waals surface area contributed by atoms with Gasteiger partial charge in [0.05, 0.1) is 0 Å². The van der Waals surface area contributed by atoms with E-state index in [9.17, 15) is 14.4 Å². The highest BCUT2D eigenvalue weighted by Crippen LogP contribution is 2.21. The molecule has 0 aliphatic carbocycles. The summed E-state index contributed by atoms with van der Waals surface area (Å²) in [4.78, 5) is 44.0. The number of hydrogen-bond donors (Lipinski definition) is 0. The quantitative estimate of drug-likeness (QED) is 0.613. The number of carbonyl (C=O) groups excluding carboxylic acids is 3. The van der Waals surface area contributed by atoms with Crippen LogP contribution in [0.15, 0.2) is 30.3 Å². The summed E-state index contributed by atoms with van der Waals surface area (Å²) in [6, 6.07) is 8.95. The number of aryl methyl sites for hydroxylation is 3. The molecule has 3 rings (SSSR count). The summed E-state index contributed by atoms with van der Waals surface area (Å²) < 4.78 is 7.66. The van der Waals surface area contributed by atoms with Crippen LogP contribution in [0.4, 0.5) is 0 Å². The molecule has 9 nitrogen and oxygen atoms in total. The van der Waals surface area contributed by atoms with Crippen LogP contribution in [0.2, 0.25) is 0 Å². The van der Waals surface area contributed by atoms with E-state index in [0.717, 1.165) is 36.3 Å². The van der Waals surface area contributed by atoms with Gasteiger partial charge in [0.1, 0.15) is 11.8 Å². The Bertz CT molecular complexity index is 1070. The summed E-state index contributed by atoms with van der Waals surface area (Å²) in [6.07, 6.45) is 3.64. The van der Waals surface area contributed by atoms with Gasteiger partial charge < -0.3 is 19.4 Å². The van der Waals surface area contributed by atoms with Gasteiger partial charge in [0, 0.05) is 46.5 Å². The van der Waals surface area contributed by atoms with E-state index in [0.29, 0.717) is 38.2 Å². The summed E-state index contributed by atoms with van der Waals surface area (Å²) >= 11 is 0. The van der Waals surface area contributed by atoms with Crippen molar-refractivity contribution in [3.05, 3.63) is 47.3 Å². The predicted octanol–water partition coefficient (Wildman–Crippen LogP) is 2.76. The minimum atomic E-state index is -0.618. The molecule has 196 valence electrons. The number of likely N-dealkylation sites (N-methyl/N-ethyl adjacent to an activating group) is 2. The second-order valence-corrected chi connectivity index (χ2v) is 9.49. The third-order valence-corrected chi connectivity index (χ3v) is 6.85. The molecule has 1 aliphatic rings. The Morgan fingerprint density at radius 1 is 1.19 bits per heavy atom. The van der Waals surface area contributed by atoms with Crippen LogP contribution in [0.3, 0.4) is 0 Å². The number of fused-ring (bicyclic) bond motifs is 1. The van der Waals surface area contributed by atoms with E-state index in [4.69, 9.17) is 4.74 Å². The van der Waals surface area contributed by atoms with Gasteiger partial charge in [-0.25, -0.2) is 0 Å². The summed E-state index contributed by atoms with van der Waals surface area (Å²) in [6.45, 7) is 5.57. The van der Waals surface area contributed by atoms with Crippen molar-refractivity contribution in [2.24, 2.45) is 0 Å². The first-order chi connectivity index (χ1) is 17.2. The van der Waals surface area contributed by atoms with E-state index in [1.165, 1.54) is 4.90 Å². The Balaban J connectivity index is 1.66. The van der Waals surface area contributed by atoms with Gasteiger partial charge in [-0.3, -0.25) is 19.1 Å². The Morgan fingerprint density at radius 2 is 1.94 bits per heavy atom. The zero-order valence-electron chi connectivity index (χ0n) is 22.2. The molecule has 0 fully saturated rings. The van der Waals surface area contributed by atoms with Gasteiger partial charge in [0.15, 0.2) is 12.3 Å². The standard InChI is InChI=1S/C27H39N5O4/c1-6-32-20(2)18-22(28-32)26(34)29(3)17-11-14-23-27(35)30(4)16-10-9-13-21-12-7-8-15-24(21)36-19-25(33)31(23)5/h7-8,12,15,18,23H,6,9-11,13-14,16-17,19H2,1-5H3/t23-/m0/s1. The van der Waals surface area contributed by atoms with Gasteiger partial charge in [-0.15, -0.1) is 0 Å². The number of nitrogens with zero attached hydrogens (tertiary/aromatic N) is 5. The molecule has 36 heavy (non-hydrogen) atoms. The third-order valence-electron chi connectivity index (χ3n) is 6.85. The van der Waals surface area contributed by atoms with Crippen molar-refractivity contribution in [3.63, 3.8) is 0 Å². The maximum Gasteiger partial charge on any atom is 0.274 e. The molecule has 2 heterocycles. The number of carbonyl (C=O) groups is 3. The first-order valence-corrected chi connectivity index (χ1v) is 12.7. The van der Waals surface area contributed by atoms with E-state index in [1.54, 1.807) is 41.7 Å². The lowest BCUT2D eigenvalue weighted by Crippen LogP contribution is -2.50. The number of aromatic nitrogens is 2. The highest BCUT2D eigenvalue weighted by atomic mass is 16.5. The van der Waals surface area contributed by atoms with Crippen LogP contribution in [-0.2, 0) is 22.6 Å². The second kappa shape index (κ2) is 12.6. The fourth-order valence-electron chi connectivity index (χ4n) is 4.53. The Labute approximate surface area is 214 Å². The van der Waals surface area contributed by atoms with Crippen LogP contribution >= 0.6 is 0 Å². The molecule has 3 amide bonds. The van der Waals surface area contributed by atoms with Crippen molar-refractivity contribution in [2.45, 2.75) is 58.5 Å². The van der Waals surface area contributed by atoms with Crippen LogP contribution < -0.4 is 4.74 Å². The van der Waals surface area contributed by atoms with Crippen molar-refractivity contribution in [1.29, 1.82) is 0 Å². The number of ether oxygens (including phenoxy) is 1. The molecule has 1 aliphatic heterocycles. The summed E-state index contributed by atoms with van der Waals surface area (Å²) in [7, 11) is 5.18. The minimum Gasteiger partial charge on any atom is -0.483 e. The molecule has 0 bridgehead atoms. The van der Waals surface area contributed by atoms with Gasteiger partial charge in [-0.2, -0.15) is 5.10 Å². The SMILES string of the molecule is CCn1nc(C(=O)N(C)CCC[C@H]2C(=O)N(C)CCCCc3ccccc3OCC(=O)N2C)cc1C. The van der Waals surface area contributed by atoms with Crippen LogP contribution in [-0.4, -0.2) is 89.1 Å². The number of benzene rings is 1. The Morgan fingerprint density at radius 3 is 2.67 bits per heavy atom. The zero-order chi connectivity index (χ0) is 26.2. The lowest BCUT2D eigenvalue weighted by Gasteiger charge is -2.31. The lowest BCUT2D eigenvalue weighted by molar-refractivity contribution is -0.145. The molecule has 1 atom stereocenters. The molecule has 2 aromatic rings. The summed E-state index contributed by atoms with van der Waals surface area (Å²) in [5.41, 5.74) is 2.43. The molecule has 1 aromatic heterocycles. The maximum absolute atomic E-state index is 13.3. The van der Waals surface area contributed by atoms with Crippen LogP contribution in [0.1, 0.15) is 54.4 Å². The Hall–Kier alpha value is -3.36. The number of rotatable bonds is 6. The number of hydrogen-bond acceptors (Lipinski definition) is 5. The second-order valence-electron chi connectivity index (χ2n) is 9.49. The van der Waals surface area contributed by atoms with Gasteiger partial charge in [0.2, 0.25) is 5.91 Å². The van der Waals surface area contributed by atoms with E-state index in [-0.39, 0.29) is 24.3 Å². The van der Waals surface area contributed by atoms with Crippen LogP contribution in [0.5, 0.6) is 5.75 Å². The van der Waals surface area contributed by atoms with Crippen LogP contribution in [0, 0.1) is 6.92 Å². The van der Waals surface area contributed by atoms with Crippen molar-refractivity contribution in [3.8, 4) is 5.75 Å². The van der Waals surface area contributed by atoms with Crippen molar-refractivity contribution < 1.29 is 19.1 Å². The van der Waals surface area contributed by atoms with E-state index in [1.807, 2.05) is 38.1 Å². The van der Waals surface area contributed by atoms with Crippen LogP contribution in [0.25, 0.3) is 0 Å². The van der Waals surface area contributed by atoms with Gasteiger partial charge in [-0.1, -0.05) is 18.2 Å². The fourth-order valence-corrected chi connectivity index (χ4v) is 4.53. The smallest absolute Gasteiger partial charge is 0.274 e. The first kappa shape index (κ1) is 27.2. The van der Waals surface area contributed by atoms with E-state index in [2.05, 4.69) is 5.10 Å². The molecule has 0 spiro atoms.